The van der Waals surface area contributed by atoms with Crippen molar-refractivity contribution in [2.45, 2.75) is 4.90 Å². The highest BCUT2D eigenvalue weighted by atomic mass is 35.5. The first-order valence-corrected chi connectivity index (χ1v) is 9.14. The number of carbonyl (C=O) groups is 1. The summed E-state index contributed by atoms with van der Waals surface area (Å²) in [5.41, 5.74) is 0.482. The number of sulfonamides is 1. The van der Waals surface area contributed by atoms with Gasteiger partial charge in [0.1, 0.15) is 6.54 Å². The summed E-state index contributed by atoms with van der Waals surface area (Å²) in [6, 6.07) is 5.58. The molecule has 1 amide bonds. The standard InChI is InChI=1S/C16H26N4O4S.ClH/c1-19(2,3)11-15(21)17-13-7-9-14(10-8-13)25(23,24)18-16(22)12-20(4,5)6;/h7-10H,11-12H2,1-6H3;1H. The molecule has 148 valence electrons. The summed E-state index contributed by atoms with van der Waals surface area (Å²) in [7, 11) is 6.94. The summed E-state index contributed by atoms with van der Waals surface area (Å²) in [5.74, 6) is -0.876. The van der Waals surface area contributed by atoms with E-state index in [0.717, 1.165) is 0 Å². The van der Waals surface area contributed by atoms with E-state index in [-0.39, 0.29) is 40.8 Å². The van der Waals surface area contributed by atoms with Crippen molar-refractivity contribution in [1.82, 2.24) is 0 Å². The lowest BCUT2D eigenvalue weighted by Gasteiger charge is -2.26. The molecular weight excluding hydrogens is 380 g/mol. The Bertz CT molecular complexity index is 748. The van der Waals surface area contributed by atoms with Crippen molar-refractivity contribution in [2.75, 3.05) is 60.7 Å². The fraction of sp³-hybridized carbons (Fsp3) is 0.500. The normalized spacial score (nSPS) is 13.1. The van der Waals surface area contributed by atoms with Gasteiger partial charge < -0.3 is 31.8 Å². The number of anilines is 1. The number of nitrogens with zero attached hydrogens (tertiary/aromatic N) is 3. The van der Waals surface area contributed by atoms with Crippen molar-refractivity contribution in [3.8, 4) is 0 Å². The third-order valence-electron chi connectivity index (χ3n) is 2.89. The van der Waals surface area contributed by atoms with E-state index in [0.29, 0.717) is 10.2 Å². The van der Waals surface area contributed by atoms with Crippen LogP contribution in [0.15, 0.2) is 33.6 Å². The van der Waals surface area contributed by atoms with Crippen LogP contribution in [0.2, 0.25) is 0 Å². The Hall–Kier alpha value is -1.68. The maximum absolute atomic E-state index is 12.2. The van der Waals surface area contributed by atoms with Crippen LogP contribution >= 0.6 is 0 Å². The third kappa shape index (κ3) is 9.14. The van der Waals surface area contributed by atoms with Gasteiger partial charge in [-0.1, -0.05) is 0 Å². The summed E-state index contributed by atoms with van der Waals surface area (Å²) in [6.07, 6.45) is 0. The van der Waals surface area contributed by atoms with E-state index >= 15 is 0 Å². The van der Waals surface area contributed by atoms with Crippen LogP contribution < -0.4 is 22.8 Å². The fourth-order valence-electron chi connectivity index (χ4n) is 1.96. The zero-order valence-corrected chi connectivity index (χ0v) is 17.6. The lowest BCUT2D eigenvalue weighted by Crippen LogP contribution is -3.00. The molecule has 10 heteroatoms. The average Bonchev–Trinajstić information content (AvgIpc) is 2.33. The Labute approximate surface area is 161 Å². The smallest absolute Gasteiger partial charge is 0.281 e. The van der Waals surface area contributed by atoms with Gasteiger partial charge in [0.2, 0.25) is 0 Å². The van der Waals surface area contributed by atoms with Gasteiger partial charge in [-0.05, 0) is 24.3 Å². The Balaban J connectivity index is 0.00000625. The highest BCUT2D eigenvalue weighted by Gasteiger charge is 2.16. The summed E-state index contributed by atoms with van der Waals surface area (Å²) in [5, 5.41) is 14.5. The quantitative estimate of drug-likeness (QED) is 0.288. The first-order chi connectivity index (χ1) is 11.2. The first kappa shape index (κ1) is 24.3. The second-order valence-electron chi connectivity index (χ2n) is 7.93. The van der Waals surface area contributed by atoms with Gasteiger partial charge in [-0.3, -0.25) is 4.79 Å². The number of benzene rings is 1. The summed E-state index contributed by atoms with van der Waals surface area (Å²) < 4.78 is 28.4. The average molecular weight is 407 g/mol. The van der Waals surface area contributed by atoms with Crippen LogP contribution in [0.25, 0.3) is 0 Å². The number of nitrogens with one attached hydrogen (secondary N) is 1. The predicted octanol–water partition coefficient (Wildman–Crippen LogP) is -3.51. The lowest BCUT2D eigenvalue weighted by molar-refractivity contribution is -0.863. The molecule has 0 aliphatic carbocycles. The summed E-state index contributed by atoms with van der Waals surface area (Å²) in [6.45, 7) is 0.271. The van der Waals surface area contributed by atoms with Crippen LogP contribution in [0.1, 0.15) is 0 Å². The van der Waals surface area contributed by atoms with E-state index in [9.17, 15) is 18.3 Å². The SMILES string of the molecule is C[N+](C)(C)CC(=O)Nc1ccc(S(=O)(=O)/N=C(/[O-])C[N+](C)(C)C)cc1.[Cl-]. The van der Waals surface area contributed by atoms with Crippen LogP contribution in [-0.4, -0.2) is 84.6 Å². The van der Waals surface area contributed by atoms with Gasteiger partial charge in [-0.15, -0.1) is 0 Å². The molecule has 0 aliphatic heterocycles. The number of carbonyl (C=O) groups excluding carboxylic acids is 1. The second-order valence-corrected chi connectivity index (χ2v) is 9.53. The van der Waals surface area contributed by atoms with Crippen molar-refractivity contribution < 1.29 is 39.7 Å². The molecule has 1 aromatic rings. The molecule has 0 atom stereocenters. The Kier molecular flexibility index (Phi) is 8.24. The zero-order chi connectivity index (χ0) is 19.5. The Morgan fingerprint density at radius 3 is 1.88 bits per heavy atom. The summed E-state index contributed by atoms with van der Waals surface area (Å²) >= 11 is 0. The summed E-state index contributed by atoms with van der Waals surface area (Å²) in [4.78, 5) is 11.8. The molecule has 8 nitrogen and oxygen atoms in total. The van der Waals surface area contributed by atoms with Crippen molar-refractivity contribution in [1.29, 1.82) is 0 Å². The van der Waals surface area contributed by atoms with Crippen LogP contribution in [0.4, 0.5) is 5.69 Å². The molecule has 1 N–H and O–H groups in total. The van der Waals surface area contributed by atoms with Crippen LogP contribution in [0.5, 0.6) is 0 Å². The Morgan fingerprint density at radius 2 is 1.46 bits per heavy atom. The van der Waals surface area contributed by atoms with Crippen molar-refractivity contribution >= 4 is 27.5 Å². The second kappa shape index (κ2) is 8.81. The number of rotatable bonds is 7. The van der Waals surface area contributed by atoms with E-state index in [1.54, 1.807) is 21.1 Å². The predicted molar refractivity (Wildman–Crippen MR) is 95.5 cm³/mol. The van der Waals surface area contributed by atoms with E-state index in [2.05, 4.69) is 9.71 Å². The van der Waals surface area contributed by atoms with E-state index < -0.39 is 15.9 Å². The van der Waals surface area contributed by atoms with Gasteiger partial charge in [0.05, 0.1) is 47.2 Å². The van der Waals surface area contributed by atoms with Gasteiger partial charge in [0.25, 0.3) is 15.9 Å². The maximum Gasteiger partial charge on any atom is 0.281 e. The molecule has 0 aliphatic rings. The molecule has 0 bridgehead atoms. The first-order valence-electron chi connectivity index (χ1n) is 7.70. The maximum atomic E-state index is 12.2. The molecule has 0 unspecified atom stereocenters. The molecule has 0 heterocycles. The molecule has 26 heavy (non-hydrogen) atoms. The minimum Gasteiger partial charge on any atom is -1.00 e. The van der Waals surface area contributed by atoms with Crippen LogP contribution in [0.3, 0.4) is 0 Å². The number of likely N-dealkylation sites (N-methyl/N-ethyl adjacent to an activating group) is 2. The molecular formula is C16H27ClN4O4S. The number of hydrogen-bond acceptors (Lipinski definition) is 4. The van der Waals surface area contributed by atoms with Gasteiger partial charge in [0, 0.05) is 11.6 Å². The van der Waals surface area contributed by atoms with Crippen molar-refractivity contribution in [3.63, 3.8) is 0 Å². The highest BCUT2D eigenvalue weighted by molar-refractivity contribution is 7.90. The molecule has 0 radical (unpaired) electrons. The van der Waals surface area contributed by atoms with Crippen molar-refractivity contribution in [3.05, 3.63) is 24.3 Å². The van der Waals surface area contributed by atoms with Gasteiger partial charge in [0.15, 0.2) is 6.54 Å². The van der Waals surface area contributed by atoms with Gasteiger partial charge in [-0.2, -0.15) is 12.8 Å². The van der Waals surface area contributed by atoms with Crippen LogP contribution in [0, 0.1) is 0 Å². The molecule has 0 saturated carbocycles. The topological polar surface area (TPSA) is 98.7 Å². The highest BCUT2D eigenvalue weighted by Crippen LogP contribution is 2.16. The number of quaternary nitrogens is 2. The van der Waals surface area contributed by atoms with E-state index in [1.165, 1.54) is 24.3 Å². The largest absolute Gasteiger partial charge is 1.00 e. The molecule has 0 spiro atoms. The fourth-order valence-corrected chi connectivity index (χ4v) is 2.87. The minimum absolute atomic E-state index is 0. The van der Waals surface area contributed by atoms with Crippen LogP contribution in [-0.2, 0) is 14.8 Å². The van der Waals surface area contributed by atoms with Gasteiger partial charge >= 0.3 is 0 Å². The molecule has 1 aromatic carbocycles. The minimum atomic E-state index is -4.06. The number of halogens is 1. The molecule has 0 saturated heterocycles. The zero-order valence-electron chi connectivity index (χ0n) is 16.0. The van der Waals surface area contributed by atoms with Crippen molar-refractivity contribution in [2.24, 2.45) is 4.40 Å². The van der Waals surface area contributed by atoms with E-state index in [4.69, 9.17) is 0 Å². The van der Waals surface area contributed by atoms with E-state index in [1.807, 2.05) is 21.1 Å². The molecule has 1 rings (SSSR count). The lowest BCUT2D eigenvalue weighted by atomic mass is 10.3. The number of hydrogen-bond donors (Lipinski definition) is 1. The third-order valence-corrected chi connectivity index (χ3v) is 4.20. The number of amides is 1. The van der Waals surface area contributed by atoms with Gasteiger partial charge in [-0.25, -0.2) is 0 Å². The molecule has 0 aromatic heterocycles. The Morgan fingerprint density at radius 1 is 1.00 bits per heavy atom. The monoisotopic (exact) mass is 406 g/mol. The molecule has 0 fully saturated rings.